The van der Waals surface area contributed by atoms with Crippen LogP contribution in [0.1, 0.15) is 42.3 Å². The number of H-pyrrole nitrogens is 1. The Hall–Kier alpha value is -3.85. The average Bonchev–Trinajstić information content (AvgIpc) is 3.20. The average molecular weight is 488 g/mol. The topological polar surface area (TPSA) is 108 Å². The Bertz CT molecular complexity index is 1330. The molecular weight excluding hydrogens is 458 g/mol. The zero-order chi connectivity index (χ0) is 24.9. The van der Waals surface area contributed by atoms with Crippen LogP contribution in [0.2, 0.25) is 0 Å². The number of rotatable bonds is 7. The van der Waals surface area contributed by atoms with Gasteiger partial charge in [0.05, 0.1) is 0 Å². The van der Waals surface area contributed by atoms with Crippen molar-refractivity contribution in [2.75, 3.05) is 16.0 Å². The molecule has 4 rings (SSSR count). The molecule has 2 amide bonds. The number of nitrogens with zero attached hydrogens (tertiary/aromatic N) is 3. The second-order valence-electron chi connectivity index (χ2n) is 8.68. The summed E-state index contributed by atoms with van der Waals surface area (Å²) in [5.41, 5.74) is 5.53. The van der Waals surface area contributed by atoms with E-state index in [0.29, 0.717) is 28.4 Å². The van der Waals surface area contributed by atoms with Gasteiger partial charge in [-0.3, -0.25) is 5.10 Å². The van der Waals surface area contributed by atoms with E-state index in [1.54, 1.807) is 0 Å². The Kier molecular flexibility index (Phi) is 7.36. The van der Waals surface area contributed by atoms with E-state index in [1.165, 1.54) is 17.3 Å². The molecule has 0 saturated heterocycles. The number of carbonyl (C=O) groups is 1. The minimum absolute atomic E-state index is 0.284. The molecule has 0 atom stereocenters. The van der Waals surface area contributed by atoms with E-state index in [0.717, 1.165) is 27.5 Å². The van der Waals surface area contributed by atoms with Gasteiger partial charge in [-0.1, -0.05) is 26.0 Å². The Morgan fingerprint density at radius 2 is 1.60 bits per heavy atom. The smallest absolute Gasteiger partial charge is 0.323 e. The van der Waals surface area contributed by atoms with Crippen LogP contribution in [0.5, 0.6) is 0 Å². The van der Waals surface area contributed by atoms with E-state index < -0.39 is 0 Å². The number of aromatic amines is 1. The summed E-state index contributed by atoms with van der Waals surface area (Å²) in [5, 5.41) is 16.7. The molecule has 4 aromatic rings. The summed E-state index contributed by atoms with van der Waals surface area (Å²) in [5.74, 6) is 1.84. The number of carbonyl (C=O) groups excluding carboxylic acids is 1. The van der Waals surface area contributed by atoms with E-state index in [1.807, 2.05) is 75.4 Å². The van der Waals surface area contributed by atoms with Gasteiger partial charge in [-0.15, -0.1) is 0 Å². The number of aromatic nitrogens is 4. The van der Waals surface area contributed by atoms with Gasteiger partial charge in [0, 0.05) is 39.8 Å². The van der Waals surface area contributed by atoms with Crippen LogP contribution >= 0.6 is 11.8 Å². The summed E-state index contributed by atoms with van der Waals surface area (Å²) in [4.78, 5) is 22.6. The summed E-state index contributed by atoms with van der Waals surface area (Å²) < 4.78 is 0. The van der Waals surface area contributed by atoms with Crippen LogP contribution in [0.25, 0.3) is 0 Å². The first-order chi connectivity index (χ1) is 16.7. The third-order valence-electron chi connectivity index (χ3n) is 5.27. The molecule has 0 aliphatic rings. The predicted molar refractivity (Wildman–Crippen MR) is 142 cm³/mol. The normalized spacial score (nSPS) is 10.9. The highest BCUT2D eigenvalue weighted by atomic mass is 32.2. The highest BCUT2D eigenvalue weighted by Crippen LogP contribution is 2.31. The first kappa shape index (κ1) is 24.3. The minimum Gasteiger partial charge on any atom is -0.323 e. The molecule has 9 heteroatoms. The maximum atomic E-state index is 12.5. The zero-order valence-corrected chi connectivity index (χ0v) is 21.2. The van der Waals surface area contributed by atoms with Crippen molar-refractivity contribution in [2.24, 2.45) is 0 Å². The lowest BCUT2D eigenvalue weighted by molar-refractivity contribution is 0.262. The van der Waals surface area contributed by atoms with Crippen LogP contribution in [0.4, 0.5) is 27.8 Å². The summed E-state index contributed by atoms with van der Waals surface area (Å²) in [6.07, 6.45) is 0. The molecule has 180 valence electrons. The molecule has 0 spiro atoms. The molecule has 0 unspecified atom stereocenters. The van der Waals surface area contributed by atoms with Crippen molar-refractivity contribution in [3.05, 3.63) is 77.1 Å². The molecule has 0 bridgehead atoms. The molecular formula is C26H29N7OS. The van der Waals surface area contributed by atoms with Crippen molar-refractivity contribution in [1.29, 1.82) is 0 Å². The lowest BCUT2D eigenvalue weighted by atomic mass is 10.0. The number of aryl methyl sites for hydroxylation is 3. The van der Waals surface area contributed by atoms with Gasteiger partial charge in [0.25, 0.3) is 0 Å². The second kappa shape index (κ2) is 10.6. The zero-order valence-electron chi connectivity index (χ0n) is 20.4. The molecule has 0 radical (unpaired) electrons. The van der Waals surface area contributed by atoms with Gasteiger partial charge in [0.2, 0.25) is 0 Å². The molecule has 2 aromatic carbocycles. The molecule has 2 aromatic heterocycles. The maximum absolute atomic E-state index is 12.5. The predicted octanol–water partition coefficient (Wildman–Crippen LogP) is 6.79. The third-order valence-corrected chi connectivity index (χ3v) is 6.31. The Labute approximate surface area is 209 Å². The highest BCUT2D eigenvalue weighted by molar-refractivity contribution is 7.99. The fraction of sp³-hybridized carbons (Fsp3) is 0.231. The summed E-state index contributed by atoms with van der Waals surface area (Å²) in [7, 11) is 0. The van der Waals surface area contributed by atoms with Crippen LogP contribution < -0.4 is 16.0 Å². The molecule has 2 heterocycles. The van der Waals surface area contributed by atoms with Crippen LogP contribution in [0, 0.1) is 20.8 Å². The summed E-state index contributed by atoms with van der Waals surface area (Å²) in [6.45, 7) is 10.2. The number of urea groups is 1. The van der Waals surface area contributed by atoms with Crippen molar-refractivity contribution in [1.82, 2.24) is 20.2 Å². The van der Waals surface area contributed by atoms with E-state index in [4.69, 9.17) is 0 Å². The number of hydrogen-bond donors (Lipinski definition) is 4. The van der Waals surface area contributed by atoms with Gasteiger partial charge in [-0.25, -0.2) is 14.8 Å². The van der Waals surface area contributed by atoms with Gasteiger partial charge in [0.1, 0.15) is 5.82 Å². The fourth-order valence-electron chi connectivity index (χ4n) is 3.45. The standard InChI is InChI=1S/C26H29N7OS/c1-15(2)19-6-8-20(9-7-19)28-25(34)29-21-10-11-22(16(3)12-21)35-26-27-17(4)13-23(31-26)30-24-14-18(5)32-33-24/h6-15H,1-5H3,(H2,28,29,34)(H2,27,30,31,32,33). The monoisotopic (exact) mass is 487 g/mol. The SMILES string of the molecule is Cc1cc(Nc2cc(C)[nH]n2)nc(Sc2ccc(NC(=O)Nc3ccc(C(C)C)cc3)cc2C)n1. The van der Waals surface area contributed by atoms with Crippen LogP contribution in [-0.4, -0.2) is 26.2 Å². The van der Waals surface area contributed by atoms with Crippen molar-refractivity contribution in [3.8, 4) is 0 Å². The van der Waals surface area contributed by atoms with Crippen molar-refractivity contribution in [3.63, 3.8) is 0 Å². The van der Waals surface area contributed by atoms with Crippen LogP contribution in [0.3, 0.4) is 0 Å². The molecule has 35 heavy (non-hydrogen) atoms. The molecule has 0 aliphatic carbocycles. The molecule has 0 aliphatic heterocycles. The number of nitrogens with one attached hydrogen (secondary N) is 4. The Balaban J connectivity index is 1.40. The quantitative estimate of drug-likeness (QED) is 0.214. The van der Waals surface area contributed by atoms with E-state index >= 15 is 0 Å². The lowest BCUT2D eigenvalue weighted by Crippen LogP contribution is -2.19. The van der Waals surface area contributed by atoms with Gasteiger partial charge in [-0.05, 0) is 79.9 Å². The lowest BCUT2D eigenvalue weighted by Gasteiger charge is -2.12. The summed E-state index contributed by atoms with van der Waals surface area (Å²) in [6, 6.07) is 17.2. The Morgan fingerprint density at radius 3 is 2.26 bits per heavy atom. The minimum atomic E-state index is -0.284. The third kappa shape index (κ3) is 6.60. The first-order valence-electron chi connectivity index (χ1n) is 11.4. The van der Waals surface area contributed by atoms with Gasteiger partial charge in [0.15, 0.2) is 11.0 Å². The number of amides is 2. The van der Waals surface area contributed by atoms with Crippen LogP contribution in [0.15, 0.2) is 64.6 Å². The van der Waals surface area contributed by atoms with Crippen LogP contribution in [-0.2, 0) is 0 Å². The van der Waals surface area contributed by atoms with E-state index in [-0.39, 0.29) is 6.03 Å². The summed E-state index contributed by atoms with van der Waals surface area (Å²) >= 11 is 1.47. The second-order valence-corrected chi connectivity index (χ2v) is 9.69. The Morgan fingerprint density at radius 1 is 0.886 bits per heavy atom. The first-order valence-corrected chi connectivity index (χ1v) is 12.2. The van der Waals surface area contributed by atoms with Gasteiger partial charge < -0.3 is 16.0 Å². The number of hydrogen-bond acceptors (Lipinski definition) is 6. The largest absolute Gasteiger partial charge is 0.323 e. The van der Waals surface area contributed by atoms with E-state index in [9.17, 15) is 4.79 Å². The molecule has 4 N–H and O–H groups in total. The van der Waals surface area contributed by atoms with Gasteiger partial charge >= 0.3 is 6.03 Å². The number of anilines is 4. The number of benzene rings is 2. The van der Waals surface area contributed by atoms with Crippen molar-refractivity contribution in [2.45, 2.75) is 50.6 Å². The molecule has 0 fully saturated rings. The van der Waals surface area contributed by atoms with E-state index in [2.05, 4.69) is 50.0 Å². The fourth-order valence-corrected chi connectivity index (χ4v) is 4.34. The highest BCUT2D eigenvalue weighted by Gasteiger charge is 2.10. The molecule has 0 saturated carbocycles. The van der Waals surface area contributed by atoms with Crippen molar-refractivity contribution >= 4 is 40.8 Å². The molecule has 8 nitrogen and oxygen atoms in total. The van der Waals surface area contributed by atoms with Gasteiger partial charge in [-0.2, -0.15) is 5.10 Å². The van der Waals surface area contributed by atoms with Crippen molar-refractivity contribution < 1.29 is 4.79 Å². The maximum Gasteiger partial charge on any atom is 0.323 e.